The average Bonchev–Trinajstić information content (AvgIpc) is 2.73. The summed E-state index contributed by atoms with van der Waals surface area (Å²) in [5.74, 6) is -0.631. The topological polar surface area (TPSA) is 57.3 Å². The molecule has 1 saturated heterocycles. The molecule has 0 N–H and O–H groups in total. The number of ether oxygens (including phenoxy) is 4. The molecule has 0 spiro atoms. The second kappa shape index (κ2) is 4.02. The van der Waals surface area contributed by atoms with Gasteiger partial charge in [0.05, 0.1) is 20.3 Å². The molecule has 0 radical (unpaired) electrons. The second-order valence-corrected chi connectivity index (χ2v) is 3.58. The van der Waals surface area contributed by atoms with Gasteiger partial charge in [-0.1, -0.05) is 11.6 Å². The highest BCUT2D eigenvalue weighted by Gasteiger charge is 2.76. The lowest BCUT2D eigenvalue weighted by molar-refractivity contribution is -0.143. The zero-order chi connectivity index (χ0) is 10.8. The summed E-state index contributed by atoms with van der Waals surface area (Å²) >= 11 is 5.92. The van der Waals surface area contributed by atoms with Gasteiger partial charge < -0.3 is 18.9 Å². The van der Waals surface area contributed by atoms with E-state index in [0.717, 1.165) is 0 Å². The third-order valence-corrected chi connectivity index (χ3v) is 2.66. The third-order valence-electron chi connectivity index (χ3n) is 2.08. The Hall–Kier alpha value is -0.360. The van der Waals surface area contributed by atoms with Crippen LogP contribution in [0, 0.1) is 0 Å². The van der Waals surface area contributed by atoms with Gasteiger partial charge in [0.25, 0.3) is 5.06 Å². The first-order valence-electron chi connectivity index (χ1n) is 4.01. The fourth-order valence-electron chi connectivity index (χ4n) is 1.36. The molecule has 0 aromatic heterocycles. The van der Waals surface area contributed by atoms with Gasteiger partial charge in [0.1, 0.15) is 0 Å². The summed E-state index contributed by atoms with van der Waals surface area (Å²) in [6.07, 6.45) is 0. The van der Waals surface area contributed by atoms with Gasteiger partial charge in [-0.2, -0.15) is 0 Å². The smallest absolute Gasteiger partial charge is 0.357 e. The van der Waals surface area contributed by atoms with Crippen molar-refractivity contribution in [2.75, 3.05) is 34.5 Å². The second-order valence-electron chi connectivity index (χ2n) is 3.05. The lowest BCUT2D eigenvalue weighted by atomic mass is 10.1. The van der Waals surface area contributed by atoms with Crippen LogP contribution in [0.2, 0.25) is 0 Å². The van der Waals surface area contributed by atoms with Gasteiger partial charge >= 0.3 is 5.97 Å². The highest BCUT2D eigenvalue weighted by atomic mass is 35.5. The van der Waals surface area contributed by atoms with Crippen molar-refractivity contribution in [3.05, 3.63) is 0 Å². The SMILES string of the molecule is COCC1(COC)OC1(Cl)C(=O)OC. The maximum atomic E-state index is 11.3. The molecule has 1 fully saturated rings. The predicted molar refractivity (Wildman–Crippen MR) is 48.2 cm³/mol. The summed E-state index contributed by atoms with van der Waals surface area (Å²) in [6.45, 7) is 0.360. The van der Waals surface area contributed by atoms with Gasteiger partial charge in [0, 0.05) is 14.2 Å². The standard InChI is InChI=1S/C8H13ClO5/c1-11-4-7(5-12-2)8(9,14-7)6(10)13-3/h4-5H2,1-3H3. The van der Waals surface area contributed by atoms with Crippen LogP contribution in [0.3, 0.4) is 0 Å². The van der Waals surface area contributed by atoms with Gasteiger partial charge in [-0.25, -0.2) is 4.79 Å². The molecule has 14 heavy (non-hydrogen) atoms. The molecular weight excluding hydrogens is 212 g/mol. The van der Waals surface area contributed by atoms with E-state index in [4.69, 9.17) is 25.8 Å². The highest BCUT2D eigenvalue weighted by Crippen LogP contribution is 2.52. The van der Waals surface area contributed by atoms with Gasteiger partial charge in [0.15, 0.2) is 5.60 Å². The predicted octanol–water partition coefficient (Wildman–Crippen LogP) is 0.156. The van der Waals surface area contributed by atoms with Crippen molar-refractivity contribution in [3.63, 3.8) is 0 Å². The Labute approximate surface area is 87.2 Å². The van der Waals surface area contributed by atoms with E-state index in [0.29, 0.717) is 0 Å². The molecule has 1 atom stereocenters. The summed E-state index contributed by atoms with van der Waals surface area (Å²) in [6, 6.07) is 0. The minimum Gasteiger partial charge on any atom is -0.466 e. The Morgan fingerprint density at radius 3 is 2.14 bits per heavy atom. The Morgan fingerprint density at radius 2 is 1.79 bits per heavy atom. The van der Waals surface area contributed by atoms with E-state index in [-0.39, 0.29) is 13.2 Å². The maximum absolute atomic E-state index is 11.3. The number of hydrogen-bond donors (Lipinski definition) is 0. The number of halogens is 1. The Morgan fingerprint density at radius 1 is 1.29 bits per heavy atom. The van der Waals surface area contributed by atoms with Crippen molar-refractivity contribution >= 4 is 17.6 Å². The highest BCUT2D eigenvalue weighted by molar-refractivity contribution is 6.36. The Bertz CT molecular complexity index is 226. The average molecular weight is 225 g/mol. The lowest BCUT2D eigenvalue weighted by Crippen LogP contribution is -2.37. The normalized spacial score (nSPS) is 28.6. The monoisotopic (exact) mass is 224 g/mol. The summed E-state index contributed by atoms with van der Waals surface area (Å²) < 4.78 is 19.5. The molecule has 1 heterocycles. The van der Waals surface area contributed by atoms with Crippen molar-refractivity contribution in [2.45, 2.75) is 10.7 Å². The number of carbonyl (C=O) groups is 1. The van der Waals surface area contributed by atoms with Crippen molar-refractivity contribution < 1.29 is 23.7 Å². The van der Waals surface area contributed by atoms with E-state index in [1.54, 1.807) is 0 Å². The van der Waals surface area contributed by atoms with Crippen LogP contribution >= 0.6 is 11.6 Å². The molecule has 1 rings (SSSR count). The first-order chi connectivity index (χ1) is 6.56. The number of rotatable bonds is 5. The number of carbonyl (C=O) groups excluding carboxylic acids is 1. The molecule has 82 valence electrons. The van der Waals surface area contributed by atoms with E-state index < -0.39 is 16.6 Å². The summed E-state index contributed by atoms with van der Waals surface area (Å²) in [5, 5.41) is -1.46. The molecular formula is C8H13ClO5. The van der Waals surface area contributed by atoms with Crippen LogP contribution in [0.4, 0.5) is 0 Å². The van der Waals surface area contributed by atoms with E-state index >= 15 is 0 Å². The van der Waals surface area contributed by atoms with Crippen LogP contribution < -0.4 is 0 Å². The first kappa shape index (κ1) is 11.7. The van der Waals surface area contributed by atoms with Crippen LogP contribution in [0.25, 0.3) is 0 Å². The van der Waals surface area contributed by atoms with Crippen LogP contribution in [0.5, 0.6) is 0 Å². The zero-order valence-corrected chi connectivity index (χ0v) is 9.09. The van der Waals surface area contributed by atoms with Crippen LogP contribution in [0.15, 0.2) is 0 Å². The number of alkyl halides is 1. The fraction of sp³-hybridized carbons (Fsp3) is 0.875. The molecule has 1 unspecified atom stereocenters. The molecule has 0 aromatic rings. The van der Waals surface area contributed by atoms with E-state index in [9.17, 15) is 4.79 Å². The maximum Gasteiger partial charge on any atom is 0.357 e. The molecule has 0 saturated carbocycles. The fourth-order valence-corrected chi connectivity index (χ4v) is 1.69. The van der Waals surface area contributed by atoms with E-state index in [1.807, 2.05) is 0 Å². The summed E-state index contributed by atoms with van der Waals surface area (Å²) in [7, 11) is 4.24. The minimum atomic E-state index is -1.46. The number of methoxy groups -OCH3 is 3. The van der Waals surface area contributed by atoms with Crippen molar-refractivity contribution in [3.8, 4) is 0 Å². The van der Waals surface area contributed by atoms with Gasteiger partial charge in [-0.3, -0.25) is 0 Å². The molecule has 0 aliphatic carbocycles. The van der Waals surface area contributed by atoms with Crippen LogP contribution in [-0.2, 0) is 23.7 Å². The number of epoxide rings is 1. The van der Waals surface area contributed by atoms with E-state index in [1.165, 1.54) is 21.3 Å². The molecule has 0 bridgehead atoms. The van der Waals surface area contributed by atoms with Crippen molar-refractivity contribution in [2.24, 2.45) is 0 Å². The quantitative estimate of drug-likeness (QED) is 0.378. The summed E-state index contributed by atoms with van der Waals surface area (Å²) in [5.41, 5.74) is -0.925. The third kappa shape index (κ3) is 1.61. The van der Waals surface area contributed by atoms with Crippen LogP contribution in [0.1, 0.15) is 0 Å². The molecule has 5 nitrogen and oxygen atoms in total. The van der Waals surface area contributed by atoms with Crippen molar-refractivity contribution in [1.29, 1.82) is 0 Å². The minimum absolute atomic E-state index is 0.180. The molecule has 0 amide bonds. The molecule has 1 aliphatic rings. The largest absolute Gasteiger partial charge is 0.466 e. The van der Waals surface area contributed by atoms with Gasteiger partial charge in [-0.05, 0) is 0 Å². The van der Waals surface area contributed by atoms with Gasteiger partial charge in [-0.15, -0.1) is 0 Å². The lowest BCUT2D eigenvalue weighted by Gasteiger charge is -2.12. The number of esters is 1. The Kier molecular flexibility index (Phi) is 3.36. The Balaban J connectivity index is 2.71. The summed E-state index contributed by atoms with van der Waals surface area (Å²) in [4.78, 5) is 11.3. The van der Waals surface area contributed by atoms with Gasteiger partial charge in [0.2, 0.25) is 0 Å². The van der Waals surface area contributed by atoms with Crippen molar-refractivity contribution in [1.82, 2.24) is 0 Å². The molecule has 0 aromatic carbocycles. The number of hydrogen-bond acceptors (Lipinski definition) is 5. The first-order valence-corrected chi connectivity index (χ1v) is 4.39. The molecule has 6 heteroatoms. The van der Waals surface area contributed by atoms with E-state index in [2.05, 4.69) is 4.74 Å². The van der Waals surface area contributed by atoms with Crippen LogP contribution in [-0.4, -0.2) is 51.2 Å². The molecule has 1 aliphatic heterocycles. The zero-order valence-electron chi connectivity index (χ0n) is 8.33.